The summed E-state index contributed by atoms with van der Waals surface area (Å²) in [7, 11) is 0. The highest BCUT2D eigenvalue weighted by molar-refractivity contribution is 5.94. The zero-order chi connectivity index (χ0) is 20.3. The second-order valence-corrected chi connectivity index (χ2v) is 6.68. The van der Waals surface area contributed by atoms with E-state index in [0.29, 0.717) is 19.3 Å². The number of aliphatic hydroxyl groups is 2. The molecule has 0 radical (unpaired) electrons. The van der Waals surface area contributed by atoms with E-state index in [4.69, 9.17) is 0 Å². The van der Waals surface area contributed by atoms with Crippen LogP contribution in [0, 0.1) is 11.8 Å². The molecule has 0 bridgehead atoms. The molecule has 2 rings (SSSR count). The topological polar surface area (TPSA) is 107 Å². The van der Waals surface area contributed by atoms with Gasteiger partial charge in [0.2, 0.25) is 5.91 Å². The highest BCUT2D eigenvalue weighted by atomic mass is 16.4. The normalized spacial score (nSPS) is 31.0. The van der Waals surface area contributed by atoms with Crippen LogP contribution in [0.1, 0.15) is 73.1 Å². The predicted octanol–water partition coefficient (Wildman–Crippen LogP) is 2.88. The highest BCUT2D eigenvalue weighted by Gasteiger charge is 2.62. The van der Waals surface area contributed by atoms with Gasteiger partial charge in [-0.15, -0.1) is 0 Å². The Labute approximate surface area is 157 Å². The van der Waals surface area contributed by atoms with Gasteiger partial charge in [0.25, 0.3) is 0 Å². The van der Waals surface area contributed by atoms with E-state index in [9.17, 15) is 24.9 Å². The molecule has 0 saturated carbocycles. The SMILES string of the molecule is CC.CCC.CCCC1C(=O)NC(C(=O)O)([C@H](O)C2C=CCCC2)C1O. The molecule has 0 aromatic carbocycles. The van der Waals surface area contributed by atoms with Gasteiger partial charge in [-0.05, 0) is 25.7 Å². The first-order chi connectivity index (χ1) is 12.4. The number of amides is 1. The minimum atomic E-state index is -2.01. The molecule has 1 aliphatic carbocycles. The number of carboxylic acids is 1. The zero-order valence-electron chi connectivity index (χ0n) is 16.9. The number of aliphatic hydroxyl groups excluding tert-OH is 2. The lowest BCUT2D eigenvalue weighted by molar-refractivity contribution is -0.159. The molecule has 152 valence electrons. The van der Waals surface area contributed by atoms with E-state index in [1.807, 2.05) is 26.8 Å². The van der Waals surface area contributed by atoms with Gasteiger partial charge in [-0.3, -0.25) is 4.79 Å². The average Bonchev–Trinajstić information content (AvgIpc) is 2.90. The van der Waals surface area contributed by atoms with Crippen molar-refractivity contribution in [1.29, 1.82) is 0 Å². The first kappa shape index (κ1) is 24.6. The van der Waals surface area contributed by atoms with E-state index in [2.05, 4.69) is 19.2 Å². The quantitative estimate of drug-likeness (QED) is 0.556. The lowest BCUT2D eigenvalue weighted by Gasteiger charge is -2.37. The van der Waals surface area contributed by atoms with E-state index in [0.717, 1.165) is 12.8 Å². The smallest absolute Gasteiger partial charge is 0.334 e. The Kier molecular flexibility index (Phi) is 11.4. The van der Waals surface area contributed by atoms with Crippen LogP contribution in [0.25, 0.3) is 0 Å². The molecule has 6 heteroatoms. The van der Waals surface area contributed by atoms with Gasteiger partial charge in [-0.1, -0.05) is 59.6 Å². The maximum Gasteiger partial charge on any atom is 0.334 e. The molecule has 1 fully saturated rings. The molecule has 26 heavy (non-hydrogen) atoms. The molecule has 4 N–H and O–H groups in total. The van der Waals surface area contributed by atoms with E-state index in [-0.39, 0.29) is 5.92 Å². The molecule has 0 aromatic rings. The average molecular weight is 372 g/mol. The first-order valence-corrected chi connectivity index (χ1v) is 9.94. The Morgan fingerprint density at radius 3 is 2.35 bits per heavy atom. The lowest BCUT2D eigenvalue weighted by Crippen LogP contribution is -2.65. The zero-order valence-corrected chi connectivity index (χ0v) is 16.9. The number of allylic oxidation sites excluding steroid dienone is 1. The molecule has 1 saturated heterocycles. The molecular formula is C20H37NO5. The number of nitrogens with one attached hydrogen (secondary N) is 1. The number of hydrogen-bond donors (Lipinski definition) is 4. The fourth-order valence-corrected chi connectivity index (χ4v) is 3.43. The van der Waals surface area contributed by atoms with Crippen LogP contribution in [-0.4, -0.2) is 44.9 Å². The van der Waals surface area contributed by atoms with Crippen molar-refractivity contribution >= 4 is 11.9 Å². The van der Waals surface area contributed by atoms with Crippen LogP contribution in [0.4, 0.5) is 0 Å². The number of aliphatic carboxylic acids is 1. The summed E-state index contributed by atoms with van der Waals surface area (Å²) in [6.07, 6.45) is 5.63. The van der Waals surface area contributed by atoms with Crippen LogP contribution in [0.15, 0.2) is 12.2 Å². The van der Waals surface area contributed by atoms with Crippen molar-refractivity contribution in [2.24, 2.45) is 11.8 Å². The lowest BCUT2D eigenvalue weighted by atomic mass is 9.75. The van der Waals surface area contributed by atoms with Crippen LogP contribution < -0.4 is 5.32 Å². The molecule has 4 unspecified atom stereocenters. The van der Waals surface area contributed by atoms with Gasteiger partial charge in [0, 0.05) is 5.92 Å². The summed E-state index contributed by atoms with van der Waals surface area (Å²) < 4.78 is 0. The van der Waals surface area contributed by atoms with E-state index >= 15 is 0 Å². The van der Waals surface area contributed by atoms with Crippen LogP contribution in [-0.2, 0) is 9.59 Å². The van der Waals surface area contributed by atoms with E-state index in [1.165, 1.54) is 6.42 Å². The molecule has 6 nitrogen and oxygen atoms in total. The molecular weight excluding hydrogens is 334 g/mol. The van der Waals surface area contributed by atoms with Crippen LogP contribution in [0.2, 0.25) is 0 Å². The number of carbonyl (C=O) groups excluding carboxylic acids is 1. The molecule has 0 aromatic heterocycles. The summed E-state index contributed by atoms with van der Waals surface area (Å²) in [5.41, 5.74) is -2.01. The van der Waals surface area contributed by atoms with Crippen LogP contribution in [0.5, 0.6) is 0 Å². The van der Waals surface area contributed by atoms with Crippen molar-refractivity contribution < 1.29 is 24.9 Å². The summed E-state index contributed by atoms with van der Waals surface area (Å²) in [4.78, 5) is 23.8. The van der Waals surface area contributed by atoms with Gasteiger partial charge in [0.15, 0.2) is 5.54 Å². The third-order valence-corrected chi connectivity index (χ3v) is 4.63. The van der Waals surface area contributed by atoms with E-state index in [1.54, 1.807) is 6.08 Å². The Morgan fingerprint density at radius 1 is 1.35 bits per heavy atom. The molecule has 1 heterocycles. The fourth-order valence-electron chi connectivity index (χ4n) is 3.43. The van der Waals surface area contributed by atoms with Crippen molar-refractivity contribution in [1.82, 2.24) is 5.32 Å². The second-order valence-electron chi connectivity index (χ2n) is 6.68. The molecule has 1 aliphatic heterocycles. The number of hydrogen-bond acceptors (Lipinski definition) is 4. The van der Waals surface area contributed by atoms with Gasteiger partial charge in [-0.2, -0.15) is 0 Å². The number of carboxylic acid groups (broad SMARTS) is 1. The summed E-state index contributed by atoms with van der Waals surface area (Å²) in [6, 6.07) is 0. The summed E-state index contributed by atoms with van der Waals surface area (Å²) in [5, 5.41) is 32.9. The maximum atomic E-state index is 12.0. The summed E-state index contributed by atoms with van der Waals surface area (Å²) >= 11 is 0. The Bertz CT molecular complexity index is 465. The minimum absolute atomic E-state index is 0.370. The van der Waals surface area contributed by atoms with Crippen molar-refractivity contribution in [3.8, 4) is 0 Å². The number of carbonyl (C=O) groups is 2. The van der Waals surface area contributed by atoms with E-state index < -0.39 is 35.5 Å². The predicted molar refractivity (Wildman–Crippen MR) is 103 cm³/mol. The maximum absolute atomic E-state index is 12.0. The Balaban J connectivity index is 0.00000113. The van der Waals surface area contributed by atoms with Gasteiger partial charge >= 0.3 is 5.97 Å². The van der Waals surface area contributed by atoms with Crippen LogP contribution >= 0.6 is 0 Å². The molecule has 5 atom stereocenters. The summed E-state index contributed by atoms with van der Waals surface area (Å²) in [5.74, 6) is -3.03. The van der Waals surface area contributed by atoms with Crippen LogP contribution in [0.3, 0.4) is 0 Å². The van der Waals surface area contributed by atoms with Gasteiger partial charge in [0.05, 0.1) is 12.0 Å². The van der Waals surface area contributed by atoms with Crippen molar-refractivity contribution in [3.05, 3.63) is 12.2 Å². The van der Waals surface area contributed by atoms with Gasteiger partial charge in [0.1, 0.15) is 6.10 Å². The molecule has 2 aliphatic rings. The third-order valence-electron chi connectivity index (χ3n) is 4.63. The minimum Gasteiger partial charge on any atom is -0.479 e. The second kappa shape index (κ2) is 12.1. The number of rotatable bonds is 5. The van der Waals surface area contributed by atoms with Gasteiger partial charge in [-0.25, -0.2) is 4.79 Å². The van der Waals surface area contributed by atoms with Crippen molar-refractivity contribution in [2.75, 3.05) is 0 Å². The van der Waals surface area contributed by atoms with Crippen molar-refractivity contribution in [3.63, 3.8) is 0 Å². The first-order valence-electron chi connectivity index (χ1n) is 9.94. The highest BCUT2D eigenvalue weighted by Crippen LogP contribution is 2.37. The molecule has 1 amide bonds. The Hall–Kier alpha value is -1.40. The Morgan fingerprint density at radius 2 is 1.92 bits per heavy atom. The third kappa shape index (κ3) is 5.30. The summed E-state index contributed by atoms with van der Waals surface area (Å²) in [6.45, 7) is 10.1. The largest absolute Gasteiger partial charge is 0.479 e. The molecule has 0 spiro atoms. The van der Waals surface area contributed by atoms with Crippen molar-refractivity contribution in [2.45, 2.75) is 90.9 Å². The monoisotopic (exact) mass is 371 g/mol. The van der Waals surface area contributed by atoms with Gasteiger partial charge < -0.3 is 20.6 Å². The standard InChI is InChI=1S/C15H23NO5.C3H8.C2H6/c1-2-6-10-12(18)15(14(20)21,16-13(10)19)11(17)9-7-4-3-5-8-9;1-3-2;1-2/h4,7,9-12,17-18H,2-3,5-6,8H2,1H3,(H,16,19)(H,20,21);3H2,1-2H3;1-2H3/t9?,10?,11-,12?,15?;;/m1../s1. The fraction of sp³-hybridized carbons (Fsp3) is 0.800.